The number of nitrogens with two attached hydrogens (primary N) is 1. The van der Waals surface area contributed by atoms with E-state index in [0.29, 0.717) is 12.0 Å². The summed E-state index contributed by atoms with van der Waals surface area (Å²) < 4.78 is 2.16. The number of hydrogen-bond donors (Lipinski definition) is 1. The molecule has 0 saturated carbocycles. The van der Waals surface area contributed by atoms with Crippen molar-refractivity contribution in [2.45, 2.75) is 52.5 Å². The van der Waals surface area contributed by atoms with Gasteiger partial charge in [0.25, 0.3) is 0 Å². The Bertz CT molecular complexity index is 555. The van der Waals surface area contributed by atoms with Gasteiger partial charge in [-0.25, -0.2) is 4.98 Å². The third kappa shape index (κ3) is 2.87. The van der Waals surface area contributed by atoms with E-state index in [2.05, 4.69) is 56.5 Å². The Labute approximate surface area is 121 Å². The Morgan fingerprint density at radius 3 is 2.30 bits per heavy atom. The van der Waals surface area contributed by atoms with Crippen molar-refractivity contribution in [2.75, 3.05) is 5.73 Å². The van der Waals surface area contributed by atoms with Crippen LogP contribution in [-0.2, 0) is 12.8 Å². The number of hydrogen-bond acceptors (Lipinski definition) is 2. The Kier molecular flexibility index (Phi) is 4.48. The summed E-state index contributed by atoms with van der Waals surface area (Å²) in [5, 5.41) is 0. The first-order valence-corrected chi connectivity index (χ1v) is 7.45. The predicted molar refractivity (Wildman–Crippen MR) is 85.0 cm³/mol. The van der Waals surface area contributed by atoms with Gasteiger partial charge in [0.05, 0.1) is 5.69 Å². The SMILES string of the molecule is CCc1nc(CC(C)c2ccccc2)c(N)n1C(C)C. The summed E-state index contributed by atoms with van der Waals surface area (Å²) in [4.78, 5) is 4.75. The number of nitrogens with zero attached hydrogens (tertiary/aromatic N) is 2. The second kappa shape index (κ2) is 6.12. The topological polar surface area (TPSA) is 43.8 Å². The van der Waals surface area contributed by atoms with Gasteiger partial charge in [-0.2, -0.15) is 0 Å². The fourth-order valence-corrected chi connectivity index (χ4v) is 2.71. The molecule has 1 atom stereocenters. The molecule has 3 nitrogen and oxygen atoms in total. The van der Waals surface area contributed by atoms with Crippen molar-refractivity contribution in [2.24, 2.45) is 0 Å². The highest BCUT2D eigenvalue weighted by molar-refractivity contribution is 5.40. The fourth-order valence-electron chi connectivity index (χ4n) is 2.71. The van der Waals surface area contributed by atoms with Crippen LogP contribution in [0.1, 0.15) is 56.7 Å². The molecule has 0 aliphatic rings. The molecule has 0 bridgehead atoms. The quantitative estimate of drug-likeness (QED) is 0.894. The van der Waals surface area contributed by atoms with Crippen LogP contribution in [0.2, 0.25) is 0 Å². The molecular formula is C17H25N3. The lowest BCUT2D eigenvalue weighted by Crippen LogP contribution is -2.09. The Balaban J connectivity index is 2.26. The molecule has 3 heteroatoms. The van der Waals surface area contributed by atoms with Crippen LogP contribution in [0.25, 0.3) is 0 Å². The molecule has 0 aliphatic carbocycles. The zero-order chi connectivity index (χ0) is 14.7. The first kappa shape index (κ1) is 14.6. The minimum Gasteiger partial charge on any atom is -0.384 e. The molecule has 0 spiro atoms. The van der Waals surface area contributed by atoms with E-state index in [4.69, 9.17) is 10.7 Å². The predicted octanol–water partition coefficient (Wildman–Crippen LogP) is 3.95. The van der Waals surface area contributed by atoms with E-state index in [1.165, 1.54) is 5.56 Å². The molecule has 1 unspecified atom stereocenters. The molecule has 1 aromatic carbocycles. The summed E-state index contributed by atoms with van der Waals surface area (Å²) in [5.74, 6) is 2.35. The molecule has 0 radical (unpaired) electrons. The molecule has 1 aromatic heterocycles. The van der Waals surface area contributed by atoms with Crippen molar-refractivity contribution >= 4 is 5.82 Å². The van der Waals surface area contributed by atoms with Gasteiger partial charge in [0.1, 0.15) is 11.6 Å². The average molecular weight is 271 g/mol. The lowest BCUT2D eigenvalue weighted by Gasteiger charge is -2.13. The van der Waals surface area contributed by atoms with Gasteiger partial charge >= 0.3 is 0 Å². The fraction of sp³-hybridized carbons (Fsp3) is 0.471. The van der Waals surface area contributed by atoms with Crippen molar-refractivity contribution in [1.82, 2.24) is 9.55 Å². The molecule has 2 N–H and O–H groups in total. The number of anilines is 1. The van der Waals surface area contributed by atoms with Crippen LogP contribution >= 0.6 is 0 Å². The van der Waals surface area contributed by atoms with Crippen molar-refractivity contribution in [1.29, 1.82) is 0 Å². The zero-order valence-electron chi connectivity index (χ0n) is 12.9. The summed E-state index contributed by atoms with van der Waals surface area (Å²) in [5.41, 5.74) is 8.68. The van der Waals surface area contributed by atoms with Gasteiger partial charge in [-0.15, -0.1) is 0 Å². The van der Waals surface area contributed by atoms with Crippen molar-refractivity contribution < 1.29 is 0 Å². The maximum atomic E-state index is 6.31. The van der Waals surface area contributed by atoms with Crippen LogP contribution < -0.4 is 5.73 Å². The van der Waals surface area contributed by atoms with Gasteiger partial charge in [-0.3, -0.25) is 0 Å². The third-order valence-electron chi connectivity index (χ3n) is 3.80. The van der Waals surface area contributed by atoms with Crippen molar-refractivity contribution in [3.8, 4) is 0 Å². The zero-order valence-corrected chi connectivity index (χ0v) is 12.9. The first-order chi connectivity index (χ1) is 9.54. The minimum atomic E-state index is 0.359. The summed E-state index contributed by atoms with van der Waals surface area (Å²) in [6.07, 6.45) is 1.81. The highest BCUT2D eigenvalue weighted by Crippen LogP contribution is 2.26. The highest BCUT2D eigenvalue weighted by atomic mass is 15.2. The second-order valence-electron chi connectivity index (χ2n) is 5.69. The largest absolute Gasteiger partial charge is 0.384 e. The molecule has 108 valence electrons. The monoisotopic (exact) mass is 271 g/mol. The Morgan fingerprint density at radius 1 is 1.15 bits per heavy atom. The van der Waals surface area contributed by atoms with Crippen LogP contribution in [0.4, 0.5) is 5.82 Å². The number of nitrogen functional groups attached to an aromatic ring is 1. The number of benzene rings is 1. The molecule has 2 rings (SSSR count). The first-order valence-electron chi connectivity index (χ1n) is 7.45. The normalized spacial score (nSPS) is 12.8. The van der Waals surface area contributed by atoms with Gasteiger partial charge < -0.3 is 10.3 Å². The van der Waals surface area contributed by atoms with Gasteiger partial charge in [-0.05, 0) is 31.7 Å². The molecule has 0 saturated heterocycles. The van der Waals surface area contributed by atoms with Crippen LogP contribution in [0.3, 0.4) is 0 Å². The van der Waals surface area contributed by atoms with Gasteiger partial charge in [-0.1, -0.05) is 44.2 Å². The van der Waals surface area contributed by atoms with E-state index < -0.39 is 0 Å². The third-order valence-corrected chi connectivity index (χ3v) is 3.80. The summed E-state index contributed by atoms with van der Waals surface area (Å²) >= 11 is 0. The summed E-state index contributed by atoms with van der Waals surface area (Å²) in [7, 11) is 0. The maximum Gasteiger partial charge on any atom is 0.127 e. The van der Waals surface area contributed by atoms with Gasteiger partial charge in [0, 0.05) is 12.5 Å². The van der Waals surface area contributed by atoms with Crippen molar-refractivity contribution in [3.05, 3.63) is 47.4 Å². The molecule has 0 amide bonds. The lowest BCUT2D eigenvalue weighted by atomic mass is 9.96. The van der Waals surface area contributed by atoms with E-state index in [1.807, 2.05) is 6.07 Å². The van der Waals surface area contributed by atoms with Crippen molar-refractivity contribution in [3.63, 3.8) is 0 Å². The standard InChI is InChI=1S/C17H25N3/c1-5-16-19-15(17(18)20(16)12(2)3)11-13(4)14-9-7-6-8-10-14/h6-10,12-13H,5,11,18H2,1-4H3. The van der Waals surface area contributed by atoms with Gasteiger partial charge in [0.15, 0.2) is 0 Å². The highest BCUT2D eigenvalue weighted by Gasteiger charge is 2.18. The molecule has 20 heavy (non-hydrogen) atoms. The molecule has 0 fully saturated rings. The average Bonchev–Trinajstić information content (AvgIpc) is 2.76. The van der Waals surface area contributed by atoms with E-state index in [1.54, 1.807) is 0 Å². The van der Waals surface area contributed by atoms with E-state index >= 15 is 0 Å². The van der Waals surface area contributed by atoms with Crippen LogP contribution in [0.5, 0.6) is 0 Å². The molecule has 2 aromatic rings. The second-order valence-corrected chi connectivity index (χ2v) is 5.69. The Hall–Kier alpha value is -1.77. The molecule has 0 aliphatic heterocycles. The number of aromatic nitrogens is 2. The van der Waals surface area contributed by atoms with Crippen LogP contribution in [0.15, 0.2) is 30.3 Å². The maximum absolute atomic E-state index is 6.31. The van der Waals surface area contributed by atoms with Crippen LogP contribution in [0, 0.1) is 0 Å². The van der Waals surface area contributed by atoms with Crippen LogP contribution in [-0.4, -0.2) is 9.55 Å². The number of imidazole rings is 1. The minimum absolute atomic E-state index is 0.359. The lowest BCUT2D eigenvalue weighted by molar-refractivity contribution is 0.579. The molecule has 1 heterocycles. The smallest absolute Gasteiger partial charge is 0.127 e. The molecular weight excluding hydrogens is 246 g/mol. The van der Waals surface area contributed by atoms with E-state index in [9.17, 15) is 0 Å². The van der Waals surface area contributed by atoms with E-state index in [0.717, 1.165) is 30.2 Å². The summed E-state index contributed by atoms with van der Waals surface area (Å²) in [6, 6.07) is 10.9. The van der Waals surface area contributed by atoms with E-state index in [-0.39, 0.29) is 0 Å². The number of rotatable bonds is 5. The summed E-state index contributed by atoms with van der Waals surface area (Å²) in [6.45, 7) is 8.67. The number of aryl methyl sites for hydroxylation is 1. The Morgan fingerprint density at radius 2 is 1.80 bits per heavy atom. The van der Waals surface area contributed by atoms with Gasteiger partial charge in [0.2, 0.25) is 0 Å².